The van der Waals surface area contributed by atoms with Crippen molar-refractivity contribution in [2.75, 3.05) is 6.54 Å². The number of hydrogen-bond donors (Lipinski definition) is 0. The van der Waals surface area contributed by atoms with E-state index in [2.05, 4.69) is 37.8 Å². The van der Waals surface area contributed by atoms with Gasteiger partial charge in [0.2, 0.25) is 0 Å². The number of carbonyl (C=O) groups excluding carboxylic acids is 1. The Balaban J connectivity index is 2.09. The van der Waals surface area contributed by atoms with Gasteiger partial charge in [-0.2, -0.15) is 0 Å². The smallest absolute Gasteiger partial charge is 0.410 e. The molecule has 0 unspecified atom stereocenters. The normalized spacial score (nSPS) is 11.9. The zero-order valence-electron chi connectivity index (χ0n) is 16.1. The molecule has 2 aromatic rings. The van der Waals surface area contributed by atoms with E-state index in [-0.39, 0.29) is 18.7 Å². The molecule has 1 amide bonds. The molecular formula is C24H29NO2. The predicted octanol–water partition coefficient (Wildman–Crippen LogP) is 6.08. The molecule has 1 atom stereocenters. The average molecular weight is 364 g/mol. The molecule has 2 aromatic carbocycles. The number of nitrogens with zero attached hydrogens (tertiary/aromatic N) is 1. The molecule has 3 heteroatoms. The van der Waals surface area contributed by atoms with Crippen LogP contribution < -0.4 is 0 Å². The Morgan fingerprint density at radius 2 is 1.78 bits per heavy atom. The lowest BCUT2D eigenvalue weighted by Crippen LogP contribution is -2.39. The molecule has 0 aliphatic heterocycles. The lowest BCUT2D eigenvalue weighted by molar-refractivity contribution is 0.0903. The molecule has 0 saturated carbocycles. The molecule has 0 N–H and O–H groups in total. The lowest BCUT2D eigenvalue weighted by atomic mass is 10.1. The first-order valence-corrected chi connectivity index (χ1v) is 9.56. The van der Waals surface area contributed by atoms with Gasteiger partial charge in [0, 0.05) is 6.54 Å². The van der Waals surface area contributed by atoms with Gasteiger partial charge in [-0.25, -0.2) is 4.79 Å². The van der Waals surface area contributed by atoms with Crippen LogP contribution in [0.2, 0.25) is 0 Å². The van der Waals surface area contributed by atoms with Crippen molar-refractivity contribution >= 4 is 12.2 Å². The number of unbranched alkanes of at least 4 members (excludes halogenated alkanes) is 1. The van der Waals surface area contributed by atoms with E-state index in [1.807, 2.05) is 48.5 Å². The van der Waals surface area contributed by atoms with Crippen molar-refractivity contribution in [1.29, 1.82) is 0 Å². The molecule has 3 nitrogen and oxygen atoms in total. The standard InChI is InChI=1S/C24H29NO2/c1-3-5-16-23(18-17-21-12-8-6-9-13-21)25(19-4-2)24(26)27-20-22-14-10-7-11-15-22/h4,6-15,17-18,23H,2-3,5,16,19-20H2,1H3/b18-17+/t23-/m1/s1. The van der Waals surface area contributed by atoms with Gasteiger partial charge >= 0.3 is 6.09 Å². The van der Waals surface area contributed by atoms with E-state index in [1.165, 1.54) is 0 Å². The first-order valence-electron chi connectivity index (χ1n) is 9.56. The monoisotopic (exact) mass is 363 g/mol. The predicted molar refractivity (Wildman–Crippen MR) is 112 cm³/mol. The van der Waals surface area contributed by atoms with Gasteiger partial charge in [-0.3, -0.25) is 4.90 Å². The highest BCUT2D eigenvalue weighted by atomic mass is 16.6. The fourth-order valence-corrected chi connectivity index (χ4v) is 2.84. The number of hydrogen-bond acceptors (Lipinski definition) is 2. The number of amides is 1. The zero-order valence-corrected chi connectivity index (χ0v) is 16.1. The second-order valence-corrected chi connectivity index (χ2v) is 6.46. The van der Waals surface area contributed by atoms with Gasteiger partial charge in [0.05, 0.1) is 6.04 Å². The van der Waals surface area contributed by atoms with E-state index >= 15 is 0 Å². The maximum atomic E-state index is 12.7. The number of benzene rings is 2. The van der Waals surface area contributed by atoms with Crippen LogP contribution in [0.3, 0.4) is 0 Å². The van der Waals surface area contributed by atoms with Gasteiger partial charge in [0.1, 0.15) is 6.61 Å². The topological polar surface area (TPSA) is 29.5 Å². The van der Waals surface area contributed by atoms with Gasteiger partial charge in [-0.1, -0.05) is 98.7 Å². The van der Waals surface area contributed by atoms with Crippen LogP contribution in [-0.2, 0) is 11.3 Å². The Hall–Kier alpha value is -2.81. The summed E-state index contributed by atoms with van der Waals surface area (Å²) in [5, 5.41) is 0. The number of ether oxygens (including phenoxy) is 1. The number of carbonyl (C=O) groups is 1. The number of rotatable bonds is 10. The second kappa shape index (κ2) is 11.7. The third-order valence-electron chi connectivity index (χ3n) is 4.33. The maximum absolute atomic E-state index is 12.7. The minimum Gasteiger partial charge on any atom is -0.445 e. The molecule has 0 radical (unpaired) electrons. The van der Waals surface area contributed by atoms with Gasteiger partial charge in [-0.05, 0) is 17.5 Å². The molecule has 0 aliphatic carbocycles. The lowest BCUT2D eigenvalue weighted by Gasteiger charge is -2.28. The molecule has 0 spiro atoms. The molecular weight excluding hydrogens is 334 g/mol. The first-order chi connectivity index (χ1) is 13.2. The van der Waals surface area contributed by atoms with Crippen molar-refractivity contribution in [3.63, 3.8) is 0 Å². The summed E-state index contributed by atoms with van der Waals surface area (Å²) in [6, 6.07) is 19.8. The summed E-state index contributed by atoms with van der Waals surface area (Å²) in [7, 11) is 0. The minimum absolute atomic E-state index is 0.0218. The molecule has 0 saturated heterocycles. The molecule has 0 aromatic heterocycles. The Bertz CT molecular complexity index is 710. The minimum atomic E-state index is -0.308. The first kappa shape index (κ1) is 20.5. The fraction of sp³-hybridized carbons (Fsp3) is 0.292. The highest BCUT2D eigenvalue weighted by molar-refractivity contribution is 5.69. The third-order valence-corrected chi connectivity index (χ3v) is 4.33. The van der Waals surface area contributed by atoms with Crippen LogP contribution in [-0.4, -0.2) is 23.6 Å². The summed E-state index contributed by atoms with van der Waals surface area (Å²) >= 11 is 0. The molecule has 0 fully saturated rings. The highest BCUT2D eigenvalue weighted by Gasteiger charge is 2.21. The second-order valence-electron chi connectivity index (χ2n) is 6.46. The fourth-order valence-electron chi connectivity index (χ4n) is 2.84. The Labute approximate surface area is 163 Å². The van der Waals surface area contributed by atoms with Crippen LogP contribution in [0, 0.1) is 0 Å². The van der Waals surface area contributed by atoms with E-state index in [1.54, 1.807) is 11.0 Å². The van der Waals surface area contributed by atoms with Crippen LogP contribution in [0.5, 0.6) is 0 Å². The molecule has 0 bridgehead atoms. The maximum Gasteiger partial charge on any atom is 0.410 e. The van der Waals surface area contributed by atoms with Crippen LogP contribution in [0.4, 0.5) is 4.79 Å². The van der Waals surface area contributed by atoms with E-state index in [0.29, 0.717) is 6.54 Å². The summed E-state index contributed by atoms with van der Waals surface area (Å²) in [6.07, 6.45) is 8.63. The van der Waals surface area contributed by atoms with Gasteiger partial charge in [0.25, 0.3) is 0 Å². The summed E-state index contributed by atoms with van der Waals surface area (Å²) in [5.74, 6) is 0. The van der Waals surface area contributed by atoms with Crippen molar-refractivity contribution < 1.29 is 9.53 Å². The van der Waals surface area contributed by atoms with Crippen LogP contribution in [0.15, 0.2) is 79.4 Å². The SMILES string of the molecule is C=CCN(C(=O)OCc1ccccc1)[C@@H](/C=C/c1ccccc1)CCCC. The molecule has 0 heterocycles. The van der Waals surface area contributed by atoms with Gasteiger partial charge in [0.15, 0.2) is 0 Å². The molecule has 2 rings (SSSR count). The van der Waals surface area contributed by atoms with Crippen molar-refractivity contribution in [1.82, 2.24) is 4.90 Å². The van der Waals surface area contributed by atoms with E-state index < -0.39 is 0 Å². The van der Waals surface area contributed by atoms with Gasteiger partial charge < -0.3 is 4.74 Å². The molecule has 0 aliphatic rings. The van der Waals surface area contributed by atoms with Gasteiger partial charge in [-0.15, -0.1) is 6.58 Å². The summed E-state index contributed by atoms with van der Waals surface area (Å²) in [5.41, 5.74) is 2.10. The van der Waals surface area contributed by atoms with E-state index in [9.17, 15) is 4.79 Å². The van der Waals surface area contributed by atoms with E-state index in [0.717, 1.165) is 30.4 Å². The van der Waals surface area contributed by atoms with Crippen molar-refractivity contribution in [2.45, 2.75) is 38.8 Å². The quantitative estimate of drug-likeness (QED) is 0.479. The third kappa shape index (κ3) is 7.14. The summed E-state index contributed by atoms with van der Waals surface area (Å²) in [6.45, 7) is 6.70. The zero-order chi connectivity index (χ0) is 19.3. The Morgan fingerprint density at radius 3 is 2.41 bits per heavy atom. The highest BCUT2D eigenvalue weighted by Crippen LogP contribution is 2.15. The molecule has 142 valence electrons. The molecule has 27 heavy (non-hydrogen) atoms. The van der Waals surface area contributed by atoms with Crippen molar-refractivity contribution in [2.24, 2.45) is 0 Å². The Kier molecular flexibility index (Phi) is 8.91. The van der Waals surface area contributed by atoms with Crippen molar-refractivity contribution in [3.05, 3.63) is 90.5 Å². The van der Waals surface area contributed by atoms with Crippen LogP contribution >= 0.6 is 0 Å². The average Bonchev–Trinajstić information content (AvgIpc) is 2.72. The van der Waals surface area contributed by atoms with Crippen molar-refractivity contribution in [3.8, 4) is 0 Å². The summed E-state index contributed by atoms with van der Waals surface area (Å²) < 4.78 is 5.56. The largest absolute Gasteiger partial charge is 0.445 e. The van der Waals surface area contributed by atoms with Crippen LogP contribution in [0.25, 0.3) is 6.08 Å². The van der Waals surface area contributed by atoms with Crippen LogP contribution in [0.1, 0.15) is 37.3 Å². The summed E-state index contributed by atoms with van der Waals surface area (Å²) in [4.78, 5) is 14.5. The Morgan fingerprint density at radius 1 is 1.11 bits per heavy atom. The van der Waals surface area contributed by atoms with E-state index in [4.69, 9.17) is 4.74 Å².